The van der Waals surface area contributed by atoms with Crippen LogP contribution in [0.4, 0.5) is 11.4 Å². The Morgan fingerprint density at radius 1 is 0.892 bits per heavy atom. The van der Waals surface area contributed by atoms with Gasteiger partial charge in [-0.1, -0.05) is 18.2 Å². The molecule has 37 heavy (non-hydrogen) atoms. The van der Waals surface area contributed by atoms with Crippen LogP contribution in [0.1, 0.15) is 17.3 Å². The lowest BCUT2D eigenvalue weighted by molar-refractivity contribution is -0.114. The van der Waals surface area contributed by atoms with E-state index in [0.717, 1.165) is 4.31 Å². The number of amides is 1. The Balaban J connectivity index is 1.97. The van der Waals surface area contributed by atoms with Crippen LogP contribution in [0.2, 0.25) is 0 Å². The molecule has 0 radical (unpaired) electrons. The summed E-state index contributed by atoms with van der Waals surface area (Å²) in [7, 11) is -0.140. The molecule has 0 saturated carbocycles. The molecule has 3 aromatic rings. The molecular weight excluding hydrogens is 500 g/mol. The van der Waals surface area contributed by atoms with Crippen molar-refractivity contribution in [2.24, 2.45) is 0 Å². The number of benzene rings is 3. The summed E-state index contributed by atoms with van der Waals surface area (Å²) in [6.45, 7) is 1.69. The van der Waals surface area contributed by atoms with Crippen LogP contribution in [0.15, 0.2) is 71.6 Å². The highest BCUT2D eigenvalue weighted by Gasteiger charge is 2.28. The minimum absolute atomic E-state index is 0.00845. The van der Waals surface area contributed by atoms with Crippen LogP contribution in [0.25, 0.3) is 0 Å². The molecule has 3 aromatic carbocycles. The molecule has 0 saturated heterocycles. The standard InChI is InChI=1S/C26H28N2O8S/c1-5-36-19-11-13-20(14-12-19)37(31,32)28(18-9-7-6-8-10-18)17-25(29)27-22-16-24(34-3)23(33-2)15-21(22)26(30)35-4/h6-16H,5,17H2,1-4H3,(H,27,29). The highest BCUT2D eigenvalue weighted by Crippen LogP contribution is 2.34. The first kappa shape index (κ1) is 27.3. The van der Waals surface area contributed by atoms with Gasteiger partial charge in [0, 0.05) is 12.1 Å². The second-order valence-corrected chi connectivity index (χ2v) is 9.41. The van der Waals surface area contributed by atoms with Crippen LogP contribution >= 0.6 is 0 Å². The third-order valence-corrected chi connectivity index (χ3v) is 7.05. The molecule has 0 unspecified atom stereocenters. The largest absolute Gasteiger partial charge is 0.494 e. The van der Waals surface area contributed by atoms with Crippen molar-refractivity contribution in [3.8, 4) is 17.2 Å². The van der Waals surface area contributed by atoms with Crippen molar-refractivity contribution in [3.63, 3.8) is 0 Å². The molecule has 0 spiro atoms. The first-order valence-corrected chi connectivity index (χ1v) is 12.6. The molecular formula is C26H28N2O8S. The summed E-state index contributed by atoms with van der Waals surface area (Å²) in [5, 5.41) is 2.60. The fourth-order valence-electron chi connectivity index (χ4n) is 3.49. The van der Waals surface area contributed by atoms with Gasteiger partial charge in [-0.3, -0.25) is 9.10 Å². The summed E-state index contributed by atoms with van der Waals surface area (Å²) in [5.41, 5.74) is 0.363. The molecule has 3 rings (SSSR count). The summed E-state index contributed by atoms with van der Waals surface area (Å²) in [5.74, 6) is -0.388. The van der Waals surface area contributed by atoms with Gasteiger partial charge < -0.3 is 24.3 Å². The lowest BCUT2D eigenvalue weighted by atomic mass is 10.1. The third-order valence-electron chi connectivity index (χ3n) is 5.26. The smallest absolute Gasteiger partial charge is 0.340 e. The van der Waals surface area contributed by atoms with Crippen LogP contribution in [-0.2, 0) is 19.6 Å². The number of methoxy groups -OCH3 is 3. The maximum atomic E-state index is 13.6. The van der Waals surface area contributed by atoms with E-state index in [0.29, 0.717) is 12.4 Å². The molecule has 0 aliphatic heterocycles. The molecule has 0 aliphatic rings. The number of carbonyl (C=O) groups is 2. The van der Waals surface area contributed by atoms with E-state index in [-0.39, 0.29) is 33.3 Å². The third kappa shape index (κ3) is 6.31. The van der Waals surface area contributed by atoms with Gasteiger partial charge in [-0.15, -0.1) is 0 Å². The van der Waals surface area contributed by atoms with Crippen molar-refractivity contribution >= 4 is 33.3 Å². The lowest BCUT2D eigenvalue weighted by Gasteiger charge is -2.24. The van der Waals surface area contributed by atoms with E-state index in [1.54, 1.807) is 42.5 Å². The molecule has 0 fully saturated rings. The van der Waals surface area contributed by atoms with E-state index in [1.807, 2.05) is 6.92 Å². The summed E-state index contributed by atoms with van der Waals surface area (Å²) < 4.78 is 48.9. The monoisotopic (exact) mass is 528 g/mol. The van der Waals surface area contributed by atoms with Gasteiger partial charge in [0.05, 0.1) is 49.8 Å². The minimum Gasteiger partial charge on any atom is -0.494 e. The second kappa shape index (κ2) is 12.1. The van der Waals surface area contributed by atoms with Crippen molar-refractivity contribution in [1.29, 1.82) is 0 Å². The first-order chi connectivity index (χ1) is 17.7. The van der Waals surface area contributed by atoms with Gasteiger partial charge in [-0.2, -0.15) is 0 Å². The van der Waals surface area contributed by atoms with Crippen LogP contribution in [0.3, 0.4) is 0 Å². The van der Waals surface area contributed by atoms with Crippen molar-refractivity contribution in [3.05, 3.63) is 72.3 Å². The zero-order valence-electron chi connectivity index (χ0n) is 20.9. The number of nitrogens with zero attached hydrogens (tertiary/aromatic N) is 1. The summed E-state index contributed by atoms with van der Waals surface area (Å²) in [6, 6.07) is 16.9. The zero-order valence-corrected chi connectivity index (χ0v) is 21.7. The highest BCUT2D eigenvalue weighted by molar-refractivity contribution is 7.92. The number of ether oxygens (including phenoxy) is 4. The van der Waals surface area contributed by atoms with Crippen molar-refractivity contribution in [2.45, 2.75) is 11.8 Å². The number of para-hydroxylation sites is 1. The number of sulfonamides is 1. The minimum atomic E-state index is -4.15. The van der Waals surface area contributed by atoms with Gasteiger partial charge in [0.2, 0.25) is 5.91 Å². The maximum Gasteiger partial charge on any atom is 0.340 e. The maximum absolute atomic E-state index is 13.6. The summed E-state index contributed by atoms with van der Waals surface area (Å²) in [4.78, 5) is 25.5. The number of carbonyl (C=O) groups excluding carboxylic acids is 2. The first-order valence-electron chi connectivity index (χ1n) is 11.2. The van der Waals surface area contributed by atoms with Gasteiger partial charge >= 0.3 is 5.97 Å². The zero-order chi connectivity index (χ0) is 27.0. The fraction of sp³-hybridized carbons (Fsp3) is 0.231. The molecule has 1 amide bonds. The molecule has 0 atom stereocenters. The van der Waals surface area contributed by atoms with Gasteiger partial charge in [-0.05, 0) is 43.3 Å². The van der Waals surface area contributed by atoms with E-state index in [4.69, 9.17) is 18.9 Å². The van der Waals surface area contributed by atoms with E-state index in [2.05, 4.69) is 5.32 Å². The number of hydrogen-bond donors (Lipinski definition) is 1. The van der Waals surface area contributed by atoms with Gasteiger partial charge in [-0.25, -0.2) is 13.2 Å². The van der Waals surface area contributed by atoms with E-state index in [9.17, 15) is 18.0 Å². The van der Waals surface area contributed by atoms with Crippen LogP contribution < -0.4 is 23.8 Å². The molecule has 0 bridgehead atoms. The molecule has 11 heteroatoms. The molecule has 0 aliphatic carbocycles. The molecule has 1 N–H and O–H groups in total. The Kier molecular flexibility index (Phi) is 8.96. The average Bonchev–Trinajstić information content (AvgIpc) is 2.91. The Labute approximate surface area is 215 Å². The fourth-order valence-corrected chi connectivity index (χ4v) is 4.91. The molecule has 10 nitrogen and oxygen atoms in total. The molecule has 0 aromatic heterocycles. The normalized spacial score (nSPS) is 10.8. The number of anilines is 2. The SMILES string of the molecule is CCOc1ccc(S(=O)(=O)N(CC(=O)Nc2cc(OC)c(OC)cc2C(=O)OC)c2ccccc2)cc1. The second-order valence-electron chi connectivity index (χ2n) is 7.54. The number of hydrogen-bond acceptors (Lipinski definition) is 8. The Morgan fingerprint density at radius 2 is 1.51 bits per heavy atom. The van der Waals surface area contributed by atoms with Crippen molar-refractivity contribution < 1.29 is 37.0 Å². The van der Waals surface area contributed by atoms with Crippen LogP contribution in [0.5, 0.6) is 17.2 Å². The van der Waals surface area contributed by atoms with Gasteiger partial charge in [0.25, 0.3) is 10.0 Å². The summed E-state index contributed by atoms with van der Waals surface area (Å²) >= 11 is 0. The van der Waals surface area contributed by atoms with E-state index in [1.165, 1.54) is 45.6 Å². The van der Waals surface area contributed by atoms with E-state index >= 15 is 0 Å². The number of rotatable bonds is 11. The number of nitrogens with one attached hydrogen (secondary N) is 1. The molecule has 0 heterocycles. The summed E-state index contributed by atoms with van der Waals surface area (Å²) in [6.07, 6.45) is 0. The predicted octanol–water partition coefficient (Wildman–Crippen LogP) is 3.72. The Morgan fingerprint density at radius 3 is 2.08 bits per heavy atom. The Bertz CT molecular complexity index is 1340. The predicted molar refractivity (Wildman–Crippen MR) is 138 cm³/mol. The lowest BCUT2D eigenvalue weighted by Crippen LogP contribution is -2.38. The van der Waals surface area contributed by atoms with Crippen molar-refractivity contribution in [1.82, 2.24) is 0 Å². The van der Waals surface area contributed by atoms with E-state index < -0.39 is 28.4 Å². The van der Waals surface area contributed by atoms with Crippen molar-refractivity contribution in [2.75, 3.05) is 44.1 Å². The molecule has 196 valence electrons. The topological polar surface area (TPSA) is 120 Å². The van der Waals surface area contributed by atoms with Crippen LogP contribution in [-0.4, -0.2) is 54.8 Å². The Hall–Kier alpha value is -4.25. The quantitative estimate of drug-likeness (QED) is 0.374. The highest BCUT2D eigenvalue weighted by atomic mass is 32.2. The van der Waals surface area contributed by atoms with Crippen LogP contribution in [0, 0.1) is 0 Å². The van der Waals surface area contributed by atoms with Gasteiger partial charge in [0.15, 0.2) is 11.5 Å². The average molecular weight is 529 g/mol. The van der Waals surface area contributed by atoms with Gasteiger partial charge in [0.1, 0.15) is 12.3 Å². The number of esters is 1.